The molecule has 0 spiro atoms. The number of nitrogens with zero attached hydrogens (tertiary/aromatic N) is 1. The van der Waals surface area contributed by atoms with Crippen LogP contribution in [-0.2, 0) is 6.42 Å². The van der Waals surface area contributed by atoms with Gasteiger partial charge in [0.1, 0.15) is 11.0 Å². The molecule has 0 radical (unpaired) electrons. The third-order valence-corrected chi connectivity index (χ3v) is 4.06. The molecule has 21 heavy (non-hydrogen) atoms. The van der Waals surface area contributed by atoms with Gasteiger partial charge in [-0.3, -0.25) is 9.78 Å². The standard InChI is InChI=1S/C14H13BrClFN2O2/c1-3-4-8-12(16)18-14(21)19(13(8)20)11-6-10(17)9(15)5-7(11)2/h5-6H,3-4H2,1-2H3,(H,18,21). The Bertz CT molecular complexity index is 814. The van der Waals surface area contributed by atoms with E-state index in [-0.39, 0.29) is 15.3 Å². The average molecular weight is 376 g/mol. The number of nitrogens with one attached hydrogen (secondary N) is 1. The summed E-state index contributed by atoms with van der Waals surface area (Å²) in [5.74, 6) is -0.547. The van der Waals surface area contributed by atoms with Gasteiger partial charge in [-0.25, -0.2) is 13.8 Å². The van der Waals surface area contributed by atoms with Crippen LogP contribution in [0.25, 0.3) is 5.69 Å². The summed E-state index contributed by atoms with van der Waals surface area (Å²) >= 11 is 8.99. The van der Waals surface area contributed by atoms with E-state index in [1.807, 2.05) is 6.92 Å². The Balaban J connectivity index is 2.82. The van der Waals surface area contributed by atoms with Crippen LogP contribution in [0, 0.1) is 12.7 Å². The number of halogens is 3. The maximum atomic E-state index is 13.7. The molecule has 0 saturated heterocycles. The van der Waals surface area contributed by atoms with Gasteiger partial charge in [-0.1, -0.05) is 24.9 Å². The molecule has 7 heteroatoms. The van der Waals surface area contributed by atoms with Gasteiger partial charge in [0.05, 0.1) is 15.7 Å². The molecule has 0 amide bonds. The molecule has 2 rings (SSSR count). The van der Waals surface area contributed by atoms with Crippen LogP contribution in [0.15, 0.2) is 26.2 Å². The average Bonchev–Trinajstić information content (AvgIpc) is 2.40. The Morgan fingerprint density at radius 1 is 1.38 bits per heavy atom. The normalized spacial score (nSPS) is 10.9. The van der Waals surface area contributed by atoms with Crippen molar-refractivity contribution >= 4 is 27.5 Å². The largest absolute Gasteiger partial charge is 0.334 e. The first-order chi connectivity index (χ1) is 9.86. The lowest BCUT2D eigenvalue weighted by Crippen LogP contribution is -2.36. The molecule has 0 aliphatic rings. The van der Waals surface area contributed by atoms with Crippen molar-refractivity contribution in [1.29, 1.82) is 0 Å². The number of H-pyrrole nitrogens is 1. The van der Waals surface area contributed by atoms with Crippen molar-refractivity contribution in [1.82, 2.24) is 9.55 Å². The summed E-state index contributed by atoms with van der Waals surface area (Å²) in [5, 5.41) is 0.0401. The second-order valence-electron chi connectivity index (χ2n) is 4.67. The van der Waals surface area contributed by atoms with E-state index in [1.54, 1.807) is 6.92 Å². The third kappa shape index (κ3) is 2.96. The first kappa shape index (κ1) is 16.0. The fourth-order valence-electron chi connectivity index (χ4n) is 2.11. The van der Waals surface area contributed by atoms with E-state index in [0.717, 1.165) is 10.6 Å². The lowest BCUT2D eigenvalue weighted by molar-refractivity contribution is 0.618. The van der Waals surface area contributed by atoms with Gasteiger partial charge in [0.15, 0.2) is 0 Å². The van der Waals surface area contributed by atoms with E-state index in [2.05, 4.69) is 20.9 Å². The van der Waals surface area contributed by atoms with Crippen LogP contribution >= 0.6 is 27.5 Å². The summed E-state index contributed by atoms with van der Waals surface area (Å²) in [6.45, 7) is 3.59. The smallest absolute Gasteiger partial charge is 0.297 e. The molecular formula is C14H13BrClFN2O2. The highest BCUT2D eigenvalue weighted by atomic mass is 79.9. The number of aromatic nitrogens is 2. The van der Waals surface area contributed by atoms with E-state index >= 15 is 0 Å². The van der Waals surface area contributed by atoms with Crippen molar-refractivity contribution in [3.8, 4) is 5.69 Å². The van der Waals surface area contributed by atoms with Gasteiger partial charge in [-0.05, 0) is 47.0 Å². The van der Waals surface area contributed by atoms with Crippen molar-refractivity contribution in [3.63, 3.8) is 0 Å². The molecule has 1 heterocycles. The summed E-state index contributed by atoms with van der Waals surface area (Å²) in [5.41, 5.74) is -0.0804. The number of aromatic amines is 1. The molecule has 0 fully saturated rings. The topological polar surface area (TPSA) is 54.9 Å². The fourth-order valence-corrected chi connectivity index (χ4v) is 2.82. The van der Waals surface area contributed by atoms with Gasteiger partial charge < -0.3 is 0 Å². The van der Waals surface area contributed by atoms with Gasteiger partial charge in [0, 0.05) is 0 Å². The van der Waals surface area contributed by atoms with Crippen LogP contribution in [0.3, 0.4) is 0 Å². The van der Waals surface area contributed by atoms with Crippen LogP contribution in [0.4, 0.5) is 4.39 Å². The van der Waals surface area contributed by atoms with Crippen molar-refractivity contribution < 1.29 is 4.39 Å². The lowest BCUT2D eigenvalue weighted by atomic mass is 10.1. The predicted molar refractivity (Wildman–Crippen MR) is 84.1 cm³/mol. The molecule has 1 N–H and O–H groups in total. The monoisotopic (exact) mass is 374 g/mol. The zero-order valence-corrected chi connectivity index (χ0v) is 13.8. The molecule has 0 bridgehead atoms. The number of rotatable bonds is 3. The van der Waals surface area contributed by atoms with Crippen LogP contribution in [0.1, 0.15) is 24.5 Å². The molecule has 4 nitrogen and oxygen atoms in total. The summed E-state index contributed by atoms with van der Waals surface area (Å²) < 4.78 is 14.9. The first-order valence-corrected chi connectivity index (χ1v) is 7.53. The maximum absolute atomic E-state index is 13.7. The third-order valence-electron chi connectivity index (χ3n) is 3.13. The molecule has 0 saturated carbocycles. The second kappa shape index (κ2) is 6.15. The zero-order valence-electron chi connectivity index (χ0n) is 11.5. The van der Waals surface area contributed by atoms with Crippen LogP contribution in [0.2, 0.25) is 5.15 Å². The second-order valence-corrected chi connectivity index (χ2v) is 5.90. The number of benzene rings is 1. The van der Waals surface area contributed by atoms with Crippen molar-refractivity contribution in [2.24, 2.45) is 0 Å². The minimum Gasteiger partial charge on any atom is -0.297 e. The van der Waals surface area contributed by atoms with E-state index < -0.39 is 17.1 Å². The fraction of sp³-hybridized carbons (Fsp3) is 0.286. The molecule has 0 unspecified atom stereocenters. The Kier molecular flexibility index (Phi) is 4.68. The van der Waals surface area contributed by atoms with Gasteiger partial charge in [0.25, 0.3) is 5.56 Å². The van der Waals surface area contributed by atoms with Crippen LogP contribution in [0.5, 0.6) is 0 Å². The minimum absolute atomic E-state index is 0.0401. The lowest BCUT2D eigenvalue weighted by Gasteiger charge is -2.11. The molecule has 2 aromatic rings. The summed E-state index contributed by atoms with van der Waals surface area (Å²) in [4.78, 5) is 27.0. The highest BCUT2D eigenvalue weighted by Crippen LogP contribution is 2.22. The van der Waals surface area contributed by atoms with E-state index in [0.29, 0.717) is 24.0 Å². The van der Waals surface area contributed by atoms with Crippen LogP contribution in [-0.4, -0.2) is 9.55 Å². The van der Waals surface area contributed by atoms with Gasteiger partial charge in [-0.15, -0.1) is 0 Å². The molecule has 112 valence electrons. The Morgan fingerprint density at radius 2 is 2.05 bits per heavy atom. The van der Waals surface area contributed by atoms with Crippen molar-refractivity contribution in [2.75, 3.05) is 0 Å². The Morgan fingerprint density at radius 3 is 2.67 bits per heavy atom. The molecule has 0 aliphatic heterocycles. The molecular weight excluding hydrogens is 363 g/mol. The van der Waals surface area contributed by atoms with Crippen molar-refractivity contribution in [3.05, 3.63) is 59.5 Å². The van der Waals surface area contributed by atoms with Gasteiger partial charge >= 0.3 is 5.69 Å². The number of hydrogen-bond donors (Lipinski definition) is 1. The SMILES string of the molecule is CCCc1c(Cl)[nH]c(=O)n(-c2cc(F)c(Br)cc2C)c1=O. The van der Waals surface area contributed by atoms with Crippen LogP contribution < -0.4 is 11.2 Å². The molecule has 1 aromatic heterocycles. The molecule has 0 aliphatic carbocycles. The summed E-state index contributed by atoms with van der Waals surface area (Å²) in [7, 11) is 0. The Hall–Kier alpha value is -1.40. The first-order valence-electron chi connectivity index (χ1n) is 6.36. The summed E-state index contributed by atoms with van der Waals surface area (Å²) in [6, 6.07) is 2.67. The van der Waals surface area contributed by atoms with E-state index in [4.69, 9.17) is 11.6 Å². The maximum Gasteiger partial charge on any atom is 0.334 e. The molecule has 0 atom stereocenters. The highest BCUT2D eigenvalue weighted by molar-refractivity contribution is 9.10. The van der Waals surface area contributed by atoms with Gasteiger partial charge in [-0.2, -0.15) is 0 Å². The molecule has 1 aromatic carbocycles. The Labute approximate surface area is 133 Å². The number of hydrogen-bond acceptors (Lipinski definition) is 2. The van der Waals surface area contributed by atoms with Crippen molar-refractivity contribution in [2.45, 2.75) is 26.7 Å². The minimum atomic E-state index is -0.685. The predicted octanol–water partition coefficient (Wildman–Crippen LogP) is 3.34. The quantitative estimate of drug-likeness (QED) is 0.837. The van der Waals surface area contributed by atoms with E-state index in [1.165, 1.54) is 6.07 Å². The van der Waals surface area contributed by atoms with E-state index in [9.17, 15) is 14.0 Å². The van der Waals surface area contributed by atoms with Gasteiger partial charge in [0.2, 0.25) is 0 Å². The zero-order chi connectivity index (χ0) is 15.7. The summed E-state index contributed by atoms with van der Waals surface area (Å²) in [6.07, 6.45) is 1.14. The number of aryl methyl sites for hydroxylation is 1. The highest BCUT2D eigenvalue weighted by Gasteiger charge is 2.16.